The van der Waals surface area contributed by atoms with E-state index in [1.54, 1.807) is 0 Å². The molecule has 1 N–H and O–H groups in total. The number of pyridine rings is 1. The Morgan fingerprint density at radius 3 is 2.68 bits per heavy atom. The minimum Gasteiger partial charge on any atom is -0.352 e. The lowest BCUT2D eigenvalue weighted by Gasteiger charge is -2.10. The summed E-state index contributed by atoms with van der Waals surface area (Å²) in [5.41, 5.74) is 5.25. The minimum atomic E-state index is -0.0756. The number of nitrogens with one attached hydrogen (secondary N) is 1. The molecule has 28 heavy (non-hydrogen) atoms. The van der Waals surface area contributed by atoms with Crippen molar-refractivity contribution in [3.63, 3.8) is 0 Å². The van der Waals surface area contributed by atoms with Crippen LogP contribution in [0.3, 0.4) is 0 Å². The van der Waals surface area contributed by atoms with Crippen molar-refractivity contribution in [1.29, 1.82) is 0 Å². The zero-order chi connectivity index (χ0) is 19.7. The van der Waals surface area contributed by atoms with E-state index >= 15 is 0 Å². The van der Waals surface area contributed by atoms with Gasteiger partial charge in [-0.1, -0.05) is 29.8 Å². The van der Waals surface area contributed by atoms with Crippen LogP contribution in [0.25, 0.3) is 28.2 Å². The van der Waals surface area contributed by atoms with E-state index in [9.17, 15) is 4.79 Å². The summed E-state index contributed by atoms with van der Waals surface area (Å²) in [6, 6.07) is 17.3. The molecule has 140 valence electrons. The van der Waals surface area contributed by atoms with Gasteiger partial charge in [-0.05, 0) is 66.9 Å². The second kappa shape index (κ2) is 7.44. The first kappa shape index (κ1) is 18.2. The normalized spacial score (nSPS) is 11.0. The molecule has 5 nitrogen and oxygen atoms in total. The maximum absolute atomic E-state index is 12.2. The van der Waals surface area contributed by atoms with Gasteiger partial charge in [-0.15, -0.1) is 10.2 Å². The summed E-state index contributed by atoms with van der Waals surface area (Å²) in [6.07, 6.45) is 1.93. The molecule has 0 fully saturated rings. The first-order valence-corrected chi connectivity index (χ1v) is 9.45. The van der Waals surface area contributed by atoms with Gasteiger partial charge in [-0.3, -0.25) is 9.20 Å². The van der Waals surface area contributed by atoms with Crippen molar-refractivity contribution in [2.75, 3.05) is 6.54 Å². The van der Waals surface area contributed by atoms with Crippen LogP contribution in [-0.2, 0) is 0 Å². The van der Waals surface area contributed by atoms with Crippen molar-refractivity contribution in [3.8, 4) is 22.5 Å². The van der Waals surface area contributed by atoms with Gasteiger partial charge >= 0.3 is 0 Å². The number of fused-ring (bicyclic) bond motifs is 1. The van der Waals surface area contributed by atoms with Gasteiger partial charge in [0, 0.05) is 23.9 Å². The Hall–Kier alpha value is -3.18. The van der Waals surface area contributed by atoms with Crippen LogP contribution in [0.4, 0.5) is 0 Å². The Labute approximate surface area is 168 Å². The third kappa shape index (κ3) is 3.25. The molecule has 0 spiro atoms. The highest BCUT2D eigenvalue weighted by atomic mass is 35.5. The maximum atomic E-state index is 12.2. The van der Waals surface area contributed by atoms with Crippen LogP contribution in [0, 0.1) is 6.92 Å². The van der Waals surface area contributed by atoms with Crippen molar-refractivity contribution in [2.45, 2.75) is 13.8 Å². The summed E-state index contributed by atoms with van der Waals surface area (Å²) in [4.78, 5) is 12.2. The number of benzene rings is 2. The Kier molecular flexibility index (Phi) is 4.84. The lowest BCUT2D eigenvalue weighted by Crippen LogP contribution is -2.22. The molecule has 1 amide bonds. The Morgan fingerprint density at radius 2 is 1.89 bits per heavy atom. The van der Waals surface area contributed by atoms with Gasteiger partial charge in [0.05, 0.1) is 5.02 Å². The zero-order valence-corrected chi connectivity index (χ0v) is 16.4. The molecule has 6 heteroatoms. The maximum Gasteiger partial charge on any atom is 0.251 e. The molecule has 0 aliphatic carbocycles. The SMILES string of the molecule is CCNC(=O)c1ccc(C)c(-c2ccn3c(-c4ccccc4Cl)nnc3c2)c1. The van der Waals surface area contributed by atoms with Crippen molar-refractivity contribution < 1.29 is 4.79 Å². The Morgan fingerprint density at radius 1 is 1.07 bits per heavy atom. The number of hydrogen-bond acceptors (Lipinski definition) is 3. The lowest BCUT2D eigenvalue weighted by molar-refractivity contribution is 0.0956. The van der Waals surface area contributed by atoms with Gasteiger partial charge in [0.2, 0.25) is 0 Å². The fraction of sp³-hybridized carbons (Fsp3) is 0.136. The summed E-state index contributed by atoms with van der Waals surface area (Å²) in [5.74, 6) is 0.619. The number of hydrogen-bond donors (Lipinski definition) is 1. The van der Waals surface area contributed by atoms with Gasteiger partial charge in [0.15, 0.2) is 11.5 Å². The smallest absolute Gasteiger partial charge is 0.251 e. The molecule has 4 rings (SSSR count). The predicted octanol–water partition coefficient (Wildman–Crippen LogP) is 4.77. The standard InChI is InChI=1S/C22H19ClN4O/c1-3-24-22(28)16-9-8-14(2)18(12-16)15-10-11-27-20(13-15)25-26-21(27)17-6-4-5-7-19(17)23/h4-13H,3H2,1-2H3,(H,24,28). The average Bonchev–Trinajstić information content (AvgIpc) is 3.12. The molecule has 2 aromatic heterocycles. The highest BCUT2D eigenvalue weighted by molar-refractivity contribution is 6.33. The molecule has 2 aromatic carbocycles. The largest absolute Gasteiger partial charge is 0.352 e. The fourth-order valence-corrected chi connectivity index (χ4v) is 3.44. The lowest BCUT2D eigenvalue weighted by atomic mass is 9.98. The minimum absolute atomic E-state index is 0.0756. The van der Waals surface area contributed by atoms with E-state index in [1.807, 2.05) is 79.0 Å². The molecule has 0 unspecified atom stereocenters. The van der Waals surface area contributed by atoms with E-state index < -0.39 is 0 Å². The third-order valence-electron chi connectivity index (χ3n) is 4.67. The van der Waals surface area contributed by atoms with E-state index in [2.05, 4.69) is 15.5 Å². The van der Waals surface area contributed by atoms with Gasteiger partial charge in [-0.2, -0.15) is 0 Å². The summed E-state index contributed by atoms with van der Waals surface area (Å²) in [7, 11) is 0. The molecular weight excluding hydrogens is 372 g/mol. The molecule has 4 aromatic rings. The number of rotatable bonds is 4. The number of halogens is 1. The van der Waals surface area contributed by atoms with Crippen LogP contribution in [0.5, 0.6) is 0 Å². The topological polar surface area (TPSA) is 59.3 Å². The quantitative estimate of drug-likeness (QED) is 0.545. The number of carbonyl (C=O) groups is 1. The van der Waals surface area contributed by atoms with Gasteiger partial charge in [0.1, 0.15) is 0 Å². The predicted molar refractivity (Wildman–Crippen MR) is 112 cm³/mol. The average molecular weight is 391 g/mol. The van der Waals surface area contributed by atoms with E-state index in [0.717, 1.165) is 27.9 Å². The fourth-order valence-electron chi connectivity index (χ4n) is 3.22. The number of aryl methyl sites for hydroxylation is 1. The molecular formula is C22H19ClN4O. The highest BCUT2D eigenvalue weighted by Gasteiger charge is 2.13. The molecule has 0 radical (unpaired) electrons. The second-order valence-corrected chi connectivity index (χ2v) is 6.94. The van der Waals surface area contributed by atoms with Crippen LogP contribution < -0.4 is 5.32 Å². The molecule has 0 saturated carbocycles. The first-order valence-electron chi connectivity index (χ1n) is 9.07. The number of carbonyl (C=O) groups excluding carboxylic acids is 1. The first-order chi connectivity index (χ1) is 13.6. The van der Waals surface area contributed by atoms with E-state index in [-0.39, 0.29) is 5.91 Å². The monoisotopic (exact) mass is 390 g/mol. The second-order valence-electron chi connectivity index (χ2n) is 6.54. The molecule has 0 bridgehead atoms. The zero-order valence-electron chi connectivity index (χ0n) is 15.6. The van der Waals surface area contributed by atoms with Crippen LogP contribution in [0.2, 0.25) is 5.02 Å². The van der Waals surface area contributed by atoms with Gasteiger partial charge in [-0.25, -0.2) is 0 Å². The number of aromatic nitrogens is 3. The number of nitrogens with zero attached hydrogens (tertiary/aromatic N) is 3. The summed E-state index contributed by atoms with van der Waals surface area (Å²) >= 11 is 6.32. The van der Waals surface area contributed by atoms with Gasteiger partial charge < -0.3 is 5.32 Å². The Bertz CT molecular complexity index is 1180. The molecule has 0 aliphatic heterocycles. The van der Waals surface area contributed by atoms with Crippen LogP contribution >= 0.6 is 11.6 Å². The molecule has 2 heterocycles. The molecule has 0 saturated heterocycles. The van der Waals surface area contributed by atoms with Crippen LogP contribution in [0.15, 0.2) is 60.8 Å². The summed E-state index contributed by atoms with van der Waals surface area (Å²) in [6.45, 7) is 4.53. The summed E-state index contributed by atoms with van der Waals surface area (Å²) < 4.78 is 1.91. The van der Waals surface area contributed by atoms with E-state index in [0.29, 0.717) is 23.0 Å². The van der Waals surface area contributed by atoms with Crippen molar-refractivity contribution in [3.05, 3.63) is 76.9 Å². The third-order valence-corrected chi connectivity index (χ3v) is 5.00. The van der Waals surface area contributed by atoms with E-state index in [4.69, 9.17) is 11.6 Å². The van der Waals surface area contributed by atoms with Gasteiger partial charge in [0.25, 0.3) is 5.91 Å². The van der Waals surface area contributed by atoms with Crippen molar-refractivity contribution >= 4 is 23.2 Å². The molecule has 0 atom stereocenters. The van der Waals surface area contributed by atoms with E-state index in [1.165, 1.54) is 0 Å². The highest BCUT2D eigenvalue weighted by Crippen LogP contribution is 2.29. The van der Waals surface area contributed by atoms with Crippen LogP contribution in [0.1, 0.15) is 22.8 Å². The number of amides is 1. The van der Waals surface area contributed by atoms with Crippen molar-refractivity contribution in [1.82, 2.24) is 19.9 Å². The molecule has 0 aliphatic rings. The van der Waals surface area contributed by atoms with Crippen molar-refractivity contribution in [2.24, 2.45) is 0 Å². The summed E-state index contributed by atoms with van der Waals surface area (Å²) in [5, 5.41) is 12.1. The van der Waals surface area contributed by atoms with Crippen LogP contribution in [-0.4, -0.2) is 27.0 Å². The Balaban J connectivity index is 1.79.